The number of nitrogens with zero attached hydrogens (tertiary/aromatic N) is 4. The Morgan fingerprint density at radius 2 is 1.97 bits per heavy atom. The number of piperidine rings is 1. The van der Waals surface area contributed by atoms with Crippen molar-refractivity contribution in [2.45, 2.75) is 37.0 Å². The Labute approximate surface area is 171 Å². The average molecular weight is 419 g/mol. The highest BCUT2D eigenvalue weighted by molar-refractivity contribution is 7.89. The van der Waals surface area contributed by atoms with E-state index >= 15 is 0 Å². The Hall–Kier alpha value is -2.44. The Kier molecular flexibility index (Phi) is 6.55. The number of carbonyl (C=O) groups excluding carboxylic acids is 2. The second-order valence-electron chi connectivity index (χ2n) is 7.51. The van der Waals surface area contributed by atoms with Gasteiger partial charge in [0.25, 0.3) is 0 Å². The fraction of sp³-hybridized carbons (Fsp3) is 0.550. The van der Waals surface area contributed by atoms with E-state index in [-0.39, 0.29) is 29.7 Å². The summed E-state index contributed by atoms with van der Waals surface area (Å²) >= 11 is 0. The highest BCUT2D eigenvalue weighted by Crippen LogP contribution is 2.27. The number of anilines is 1. The van der Waals surface area contributed by atoms with Gasteiger partial charge >= 0.3 is 0 Å². The van der Waals surface area contributed by atoms with Crippen molar-refractivity contribution in [2.75, 3.05) is 38.1 Å². The highest BCUT2D eigenvalue weighted by atomic mass is 32.2. The van der Waals surface area contributed by atoms with E-state index in [4.69, 9.17) is 5.26 Å². The molecule has 2 heterocycles. The average Bonchev–Trinajstić information content (AvgIpc) is 3.17. The van der Waals surface area contributed by atoms with Crippen LogP contribution < -0.4 is 4.90 Å². The number of rotatable bonds is 6. The zero-order valence-corrected chi connectivity index (χ0v) is 17.4. The van der Waals surface area contributed by atoms with Gasteiger partial charge in [-0.3, -0.25) is 9.59 Å². The fourth-order valence-electron chi connectivity index (χ4n) is 3.87. The third-order valence-electron chi connectivity index (χ3n) is 5.53. The summed E-state index contributed by atoms with van der Waals surface area (Å²) in [5.74, 6) is -0.467. The van der Waals surface area contributed by atoms with E-state index in [2.05, 4.69) is 0 Å². The molecule has 2 aliphatic rings. The molecule has 0 spiro atoms. The standard InChI is InChI=1S/C20H26N4O4S/c1-22(12-4-11-21)20(26)16-5-2-13-23(15-16)29(27,28)18-9-7-17(8-10-18)24-14-3-6-19(24)25/h7-10,16H,2-6,12-15H2,1H3. The van der Waals surface area contributed by atoms with Crippen molar-refractivity contribution in [2.24, 2.45) is 5.92 Å². The molecule has 9 heteroatoms. The molecule has 0 saturated carbocycles. The number of carbonyl (C=O) groups is 2. The monoisotopic (exact) mass is 418 g/mol. The van der Waals surface area contributed by atoms with Gasteiger partial charge < -0.3 is 9.80 Å². The summed E-state index contributed by atoms with van der Waals surface area (Å²) in [5, 5.41) is 8.69. The van der Waals surface area contributed by atoms with E-state index in [0.717, 1.165) is 6.42 Å². The van der Waals surface area contributed by atoms with Crippen LogP contribution in [-0.4, -0.2) is 62.7 Å². The second kappa shape index (κ2) is 8.93. The lowest BCUT2D eigenvalue weighted by Gasteiger charge is -2.33. The molecule has 2 saturated heterocycles. The summed E-state index contributed by atoms with van der Waals surface area (Å²) < 4.78 is 27.5. The zero-order chi connectivity index (χ0) is 21.0. The normalized spacial score (nSPS) is 20.5. The van der Waals surface area contributed by atoms with Crippen molar-refractivity contribution < 1.29 is 18.0 Å². The Bertz CT molecular complexity index is 907. The molecule has 1 unspecified atom stereocenters. The van der Waals surface area contributed by atoms with Crippen LogP contribution in [0.1, 0.15) is 32.1 Å². The van der Waals surface area contributed by atoms with Crippen LogP contribution >= 0.6 is 0 Å². The first-order chi connectivity index (χ1) is 13.8. The molecule has 2 aliphatic heterocycles. The van der Waals surface area contributed by atoms with E-state index in [1.807, 2.05) is 6.07 Å². The van der Waals surface area contributed by atoms with Crippen molar-refractivity contribution in [1.82, 2.24) is 9.21 Å². The minimum atomic E-state index is -3.72. The molecule has 8 nitrogen and oxygen atoms in total. The SMILES string of the molecule is CN(CCC#N)C(=O)C1CCCN(S(=O)(=O)c2ccc(N3CCCC3=O)cc2)C1. The van der Waals surface area contributed by atoms with Gasteiger partial charge in [0.05, 0.1) is 23.3 Å². The molecule has 29 heavy (non-hydrogen) atoms. The summed E-state index contributed by atoms with van der Waals surface area (Å²) in [6.45, 7) is 1.51. The molecule has 1 aromatic rings. The van der Waals surface area contributed by atoms with E-state index in [9.17, 15) is 18.0 Å². The Balaban J connectivity index is 1.71. The Morgan fingerprint density at radius 1 is 1.24 bits per heavy atom. The van der Waals surface area contributed by atoms with Crippen LogP contribution in [0.5, 0.6) is 0 Å². The molecule has 0 bridgehead atoms. The topological polar surface area (TPSA) is 102 Å². The Morgan fingerprint density at radius 3 is 2.59 bits per heavy atom. The summed E-state index contributed by atoms with van der Waals surface area (Å²) in [6.07, 6.45) is 2.83. The molecular weight excluding hydrogens is 392 g/mol. The van der Waals surface area contributed by atoms with E-state index in [1.165, 1.54) is 21.3 Å². The van der Waals surface area contributed by atoms with Gasteiger partial charge in [-0.05, 0) is 43.5 Å². The van der Waals surface area contributed by atoms with Crippen LogP contribution in [0.4, 0.5) is 5.69 Å². The molecule has 2 fully saturated rings. The maximum Gasteiger partial charge on any atom is 0.243 e. The van der Waals surface area contributed by atoms with Gasteiger partial charge in [-0.2, -0.15) is 9.57 Å². The van der Waals surface area contributed by atoms with Crippen LogP contribution in [0.3, 0.4) is 0 Å². The van der Waals surface area contributed by atoms with E-state index in [0.29, 0.717) is 44.6 Å². The van der Waals surface area contributed by atoms with Crippen molar-refractivity contribution in [3.05, 3.63) is 24.3 Å². The van der Waals surface area contributed by atoms with Crippen molar-refractivity contribution in [3.8, 4) is 6.07 Å². The fourth-order valence-corrected chi connectivity index (χ4v) is 5.39. The lowest BCUT2D eigenvalue weighted by atomic mass is 9.98. The highest BCUT2D eigenvalue weighted by Gasteiger charge is 2.34. The van der Waals surface area contributed by atoms with Crippen molar-refractivity contribution >= 4 is 27.5 Å². The first kappa shape index (κ1) is 21.3. The van der Waals surface area contributed by atoms with Gasteiger partial charge in [0.15, 0.2) is 0 Å². The number of nitriles is 1. The van der Waals surface area contributed by atoms with Crippen LogP contribution in [-0.2, 0) is 19.6 Å². The molecule has 1 atom stereocenters. The van der Waals surface area contributed by atoms with Gasteiger partial charge in [0, 0.05) is 45.3 Å². The van der Waals surface area contributed by atoms with Gasteiger partial charge in [-0.25, -0.2) is 8.42 Å². The molecule has 0 aliphatic carbocycles. The van der Waals surface area contributed by atoms with Gasteiger partial charge in [-0.1, -0.05) is 0 Å². The summed E-state index contributed by atoms with van der Waals surface area (Å²) in [4.78, 5) is 27.8. The van der Waals surface area contributed by atoms with Crippen LogP contribution in [0, 0.1) is 17.2 Å². The maximum absolute atomic E-state index is 13.1. The molecule has 2 amide bonds. The smallest absolute Gasteiger partial charge is 0.243 e. The van der Waals surface area contributed by atoms with Gasteiger partial charge in [0.1, 0.15) is 0 Å². The molecular formula is C20H26N4O4S. The summed E-state index contributed by atoms with van der Waals surface area (Å²) in [7, 11) is -2.07. The lowest BCUT2D eigenvalue weighted by Crippen LogP contribution is -2.46. The largest absolute Gasteiger partial charge is 0.344 e. The molecule has 156 valence electrons. The van der Waals surface area contributed by atoms with Crippen LogP contribution in [0.2, 0.25) is 0 Å². The predicted octanol–water partition coefficient (Wildman–Crippen LogP) is 1.59. The first-order valence-electron chi connectivity index (χ1n) is 9.87. The molecule has 0 radical (unpaired) electrons. The molecule has 1 aromatic carbocycles. The zero-order valence-electron chi connectivity index (χ0n) is 16.6. The maximum atomic E-state index is 13.1. The van der Waals surface area contributed by atoms with Gasteiger partial charge in [-0.15, -0.1) is 0 Å². The number of benzene rings is 1. The van der Waals surface area contributed by atoms with Crippen LogP contribution in [0.25, 0.3) is 0 Å². The predicted molar refractivity (Wildman–Crippen MR) is 107 cm³/mol. The lowest BCUT2D eigenvalue weighted by molar-refractivity contribution is -0.135. The van der Waals surface area contributed by atoms with E-state index in [1.54, 1.807) is 24.1 Å². The third-order valence-corrected chi connectivity index (χ3v) is 7.41. The van der Waals surface area contributed by atoms with E-state index < -0.39 is 15.9 Å². The molecule has 0 aromatic heterocycles. The minimum Gasteiger partial charge on any atom is -0.344 e. The summed E-state index contributed by atoms with van der Waals surface area (Å²) in [5.41, 5.74) is 0.706. The van der Waals surface area contributed by atoms with Crippen LogP contribution in [0.15, 0.2) is 29.2 Å². The number of amides is 2. The van der Waals surface area contributed by atoms with Gasteiger partial charge in [0.2, 0.25) is 21.8 Å². The molecule has 3 rings (SSSR count). The third kappa shape index (κ3) is 4.60. The number of sulfonamides is 1. The first-order valence-corrected chi connectivity index (χ1v) is 11.3. The van der Waals surface area contributed by atoms with Crippen molar-refractivity contribution in [3.63, 3.8) is 0 Å². The number of hydrogen-bond donors (Lipinski definition) is 0. The quantitative estimate of drug-likeness (QED) is 0.698. The van der Waals surface area contributed by atoms with Crippen molar-refractivity contribution in [1.29, 1.82) is 5.26 Å². The second-order valence-corrected chi connectivity index (χ2v) is 9.45. The summed E-state index contributed by atoms with van der Waals surface area (Å²) in [6, 6.07) is 8.40. The minimum absolute atomic E-state index is 0.0542. The molecule has 0 N–H and O–H groups in total. The number of hydrogen-bond acceptors (Lipinski definition) is 5.